The lowest BCUT2D eigenvalue weighted by Crippen LogP contribution is -2.38. The summed E-state index contributed by atoms with van der Waals surface area (Å²) in [6.45, 7) is 2.31. The zero-order valence-corrected chi connectivity index (χ0v) is 13.6. The van der Waals surface area contributed by atoms with Crippen molar-refractivity contribution in [3.05, 3.63) is 54.0 Å². The Hall–Kier alpha value is -2.21. The lowest BCUT2D eigenvalue weighted by molar-refractivity contribution is 0.0766. The normalized spacial score (nSPS) is 15.2. The minimum atomic E-state index is 0.0326. The van der Waals surface area contributed by atoms with Crippen molar-refractivity contribution in [1.29, 1.82) is 0 Å². The first-order chi connectivity index (χ1) is 11.3. The van der Waals surface area contributed by atoms with E-state index in [0.29, 0.717) is 12.2 Å². The van der Waals surface area contributed by atoms with Crippen molar-refractivity contribution in [3.63, 3.8) is 0 Å². The fourth-order valence-corrected chi connectivity index (χ4v) is 3.85. The second-order valence-electron chi connectivity index (χ2n) is 5.69. The topological polar surface area (TPSA) is 53.9 Å². The van der Waals surface area contributed by atoms with Gasteiger partial charge < -0.3 is 9.47 Å². The van der Waals surface area contributed by atoms with E-state index in [9.17, 15) is 4.79 Å². The standard InChI is InChI=1S/C17H18N4OS/c22-17(20-7-9-23-10-8-20)15-11-14(18-19-15)12-21-6-5-13-3-1-2-4-16(13)21/h1-6,11H,7-10,12H2,(H,18,19). The molecule has 2 aromatic heterocycles. The molecule has 0 radical (unpaired) electrons. The zero-order chi connectivity index (χ0) is 15.6. The number of thioether (sulfide) groups is 1. The zero-order valence-electron chi connectivity index (χ0n) is 12.7. The number of aromatic nitrogens is 3. The number of H-pyrrole nitrogens is 1. The molecule has 0 unspecified atom stereocenters. The van der Waals surface area contributed by atoms with E-state index in [2.05, 4.69) is 39.2 Å². The second kappa shape index (κ2) is 6.12. The van der Waals surface area contributed by atoms with Crippen LogP contribution in [0.25, 0.3) is 10.9 Å². The number of amides is 1. The van der Waals surface area contributed by atoms with Gasteiger partial charge in [-0.3, -0.25) is 9.89 Å². The van der Waals surface area contributed by atoms with Crippen LogP contribution in [0.2, 0.25) is 0 Å². The van der Waals surface area contributed by atoms with Crippen molar-refractivity contribution < 1.29 is 4.79 Å². The molecule has 1 aromatic carbocycles. The van der Waals surface area contributed by atoms with Crippen LogP contribution in [0.4, 0.5) is 0 Å². The minimum absolute atomic E-state index is 0.0326. The quantitative estimate of drug-likeness (QED) is 0.805. The van der Waals surface area contributed by atoms with E-state index in [1.54, 1.807) is 0 Å². The van der Waals surface area contributed by atoms with Gasteiger partial charge in [-0.1, -0.05) is 18.2 Å². The van der Waals surface area contributed by atoms with Crippen LogP contribution in [0.15, 0.2) is 42.6 Å². The van der Waals surface area contributed by atoms with Crippen LogP contribution in [0.5, 0.6) is 0 Å². The van der Waals surface area contributed by atoms with Gasteiger partial charge in [-0.2, -0.15) is 16.9 Å². The van der Waals surface area contributed by atoms with Crippen LogP contribution in [-0.2, 0) is 6.54 Å². The monoisotopic (exact) mass is 326 g/mol. The molecule has 0 bridgehead atoms. The Morgan fingerprint density at radius 2 is 2.04 bits per heavy atom. The van der Waals surface area contributed by atoms with E-state index < -0.39 is 0 Å². The highest BCUT2D eigenvalue weighted by Gasteiger charge is 2.20. The molecule has 3 heterocycles. The van der Waals surface area contributed by atoms with Crippen molar-refractivity contribution in [3.8, 4) is 0 Å². The number of hydrogen-bond donors (Lipinski definition) is 1. The number of nitrogens with zero attached hydrogens (tertiary/aromatic N) is 3. The summed E-state index contributed by atoms with van der Waals surface area (Å²) in [4.78, 5) is 14.3. The first-order valence-corrected chi connectivity index (χ1v) is 8.92. The van der Waals surface area contributed by atoms with Crippen molar-refractivity contribution in [2.45, 2.75) is 6.54 Å². The molecule has 0 spiro atoms. The van der Waals surface area contributed by atoms with Gasteiger partial charge in [-0.25, -0.2) is 0 Å². The van der Waals surface area contributed by atoms with Crippen LogP contribution in [-0.4, -0.2) is 50.2 Å². The third-order valence-corrected chi connectivity index (χ3v) is 5.11. The highest BCUT2D eigenvalue weighted by Crippen LogP contribution is 2.17. The molecule has 0 aliphatic carbocycles. The number of benzene rings is 1. The Balaban J connectivity index is 1.52. The number of nitrogens with one attached hydrogen (secondary N) is 1. The Bertz CT molecular complexity index is 832. The largest absolute Gasteiger partial charge is 0.341 e. The van der Waals surface area contributed by atoms with Gasteiger partial charge >= 0.3 is 0 Å². The summed E-state index contributed by atoms with van der Waals surface area (Å²) >= 11 is 1.89. The molecule has 23 heavy (non-hydrogen) atoms. The first-order valence-electron chi connectivity index (χ1n) is 7.76. The SMILES string of the molecule is O=C(c1cc(Cn2ccc3ccccc32)[nH]n1)N1CCSCC1. The first kappa shape index (κ1) is 14.4. The lowest BCUT2D eigenvalue weighted by Gasteiger charge is -2.25. The maximum atomic E-state index is 12.5. The Morgan fingerprint density at radius 1 is 1.22 bits per heavy atom. The molecule has 0 atom stereocenters. The van der Waals surface area contributed by atoms with Crippen LogP contribution >= 0.6 is 11.8 Å². The predicted octanol–water partition coefficient (Wildman–Crippen LogP) is 2.60. The average Bonchev–Trinajstić information content (AvgIpc) is 3.23. The molecule has 4 rings (SSSR count). The summed E-state index contributed by atoms with van der Waals surface area (Å²) in [5.74, 6) is 2.06. The number of hydrogen-bond acceptors (Lipinski definition) is 3. The number of fused-ring (bicyclic) bond motifs is 1. The Kier molecular flexibility index (Phi) is 3.83. The van der Waals surface area contributed by atoms with E-state index in [0.717, 1.165) is 30.3 Å². The van der Waals surface area contributed by atoms with Gasteiger partial charge in [0.1, 0.15) is 5.69 Å². The van der Waals surface area contributed by atoms with Crippen LogP contribution < -0.4 is 0 Å². The van der Waals surface area contributed by atoms with Crippen molar-refractivity contribution in [1.82, 2.24) is 19.7 Å². The smallest absolute Gasteiger partial charge is 0.274 e. The Morgan fingerprint density at radius 3 is 2.91 bits per heavy atom. The number of carbonyl (C=O) groups excluding carboxylic acids is 1. The molecule has 0 saturated carbocycles. The van der Waals surface area contributed by atoms with Gasteiger partial charge in [0.25, 0.3) is 5.91 Å². The molecule has 6 heteroatoms. The second-order valence-corrected chi connectivity index (χ2v) is 6.91. The van der Waals surface area contributed by atoms with E-state index >= 15 is 0 Å². The van der Waals surface area contributed by atoms with Crippen LogP contribution in [0.3, 0.4) is 0 Å². The summed E-state index contributed by atoms with van der Waals surface area (Å²) in [5, 5.41) is 8.44. The van der Waals surface area contributed by atoms with Gasteiger partial charge in [-0.05, 0) is 23.6 Å². The van der Waals surface area contributed by atoms with Gasteiger partial charge in [0.15, 0.2) is 0 Å². The van der Waals surface area contributed by atoms with Gasteiger partial charge in [0.2, 0.25) is 0 Å². The summed E-state index contributed by atoms with van der Waals surface area (Å²) in [7, 11) is 0. The molecular weight excluding hydrogens is 308 g/mol. The molecular formula is C17H18N4OS. The fourth-order valence-electron chi connectivity index (χ4n) is 2.94. The lowest BCUT2D eigenvalue weighted by atomic mass is 10.2. The highest BCUT2D eigenvalue weighted by molar-refractivity contribution is 7.99. The van der Waals surface area contributed by atoms with E-state index in [-0.39, 0.29) is 5.91 Å². The summed E-state index contributed by atoms with van der Waals surface area (Å²) < 4.78 is 2.16. The van der Waals surface area contributed by atoms with Crippen LogP contribution in [0.1, 0.15) is 16.2 Å². The molecule has 1 saturated heterocycles. The summed E-state index contributed by atoms with van der Waals surface area (Å²) in [6.07, 6.45) is 2.06. The summed E-state index contributed by atoms with van der Waals surface area (Å²) in [5.41, 5.74) is 2.65. The third kappa shape index (κ3) is 2.86. The van der Waals surface area contributed by atoms with E-state index in [4.69, 9.17) is 0 Å². The van der Waals surface area contributed by atoms with Gasteiger partial charge in [-0.15, -0.1) is 0 Å². The molecule has 118 valence electrons. The number of carbonyl (C=O) groups is 1. The van der Waals surface area contributed by atoms with Gasteiger partial charge in [0, 0.05) is 36.3 Å². The van der Waals surface area contributed by atoms with Crippen molar-refractivity contribution in [2.75, 3.05) is 24.6 Å². The van der Waals surface area contributed by atoms with Crippen molar-refractivity contribution >= 4 is 28.6 Å². The third-order valence-electron chi connectivity index (χ3n) is 4.17. The maximum absolute atomic E-state index is 12.5. The molecule has 5 nitrogen and oxygen atoms in total. The molecule has 1 aliphatic heterocycles. The number of para-hydroxylation sites is 1. The molecule has 1 aliphatic rings. The average molecular weight is 326 g/mol. The van der Waals surface area contributed by atoms with Gasteiger partial charge in [0.05, 0.1) is 12.2 Å². The van der Waals surface area contributed by atoms with Crippen LogP contribution in [0, 0.1) is 0 Å². The number of rotatable bonds is 3. The maximum Gasteiger partial charge on any atom is 0.274 e. The fraction of sp³-hybridized carbons (Fsp3) is 0.294. The minimum Gasteiger partial charge on any atom is -0.341 e. The van der Waals surface area contributed by atoms with E-state index in [1.165, 1.54) is 10.9 Å². The molecule has 1 amide bonds. The summed E-state index contributed by atoms with van der Waals surface area (Å²) in [6, 6.07) is 12.2. The molecule has 1 N–H and O–H groups in total. The van der Waals surface area contributed by atoms with Crippen molar-refractivity contribution in [2.24, 2.45) is 0 Å². The number of aromatic amines is 1. The van der Waals surface area contributed by atoms with E-state index in [1.807, 2.05) is 34.9 Å². The molecule has 3 aromatic rings. The molecule has 1 fully saturated rings. The predicted molar refractivity (Wildman–Crippen MR) is 92.9 cm³/mol. The highest BCUT2D eigenvalue weighted by atomic mass is 32.2. The Labute approximate surface area is 138 Å².